The van der Waals surface area contributed by atoms with E-state index in [0.29, 0.717) is 17.4 Å². The molecule has 3 aromatic rings. The first-order valence-electron chi connectivity index (χ1n) is 6.18. The lowest BCUT2D eigenvalue weighted by atomic mass is 10.1. The summed E-state index contributed by atoms with van der Waals surface area (Å²) in [7, 11) is 0. The number of para-hydroxylation sites is 1. The molecule has 2 heterocycles. The molecule has 2 aromatic heterocycles. The SMILES string of the molecule is CC(C)c1nnsc1-c1nc(-c2ccccc2N)no1. The van der Waals surface area contributed by atoms with Gasteiger partial charge in [-0.25, -0.2) is 0 Å². The summed E-state index contributed by atoms with van der Waals surface area (Å²) < 4.78 is 9.28. The number of benzene rings is 1. The molecule has 0 spiro atoms. The van der Waals surface area contributed by atoms with Gasteiger partial charge in [-0.15, -0.1) is 5.10 Å². The number of nitrogens with two attached hydrogens (primary N) is 1. The van der Waals surface area contributed by atoms with Gasteiger partial charge in [0.15, 0.2) is 0 Å². The maximum atomic E-state index is 5.91. The minimum Gasteiger partial charge on any atom is -0.398 e. The molecule has 0 bridgehead atoms. The zero-order valence-corrected chi connectivity index (χ0v) is 11.9. The van der Waals surface area contributed by atoms with E-state index in [1.54, 1.807) is 6.07 Å². The minimum atomic E-state index is 0.251. The van der Waals surface area contributed by atoms with Crippen LogP contribution in [0.15, 0.2) is 28.8 Å². The molecule has 0 amide bonds. The zero-order valence-electron chi connectivity index (χ0n) is 11.1. The van der Waals surface area contributed by atoms with Gasteiger partial charge < -0.3 is 10.3 Å². The van der Waals surface area contributed by atoms with Crippen molar-refractivity contribution >= 4 is 17.2 Å². The van der Waals surface area contributed by atoms with Crippen LogP contribution in [0.4, 0.5) is 5.69 Å². The van der Waals surface area contributed by atoms with Gasteiger partial charge in [0.1, 0.15) is 4.88 Å². The molecule has 0 saturated heterocycles. The van der Waals surface area contributed by atoms with Gasteiger partial charge in [-0.2, -0.15) is 4.98 Å². The predicted octanol–water partition coefficient (Wildman–Crippen LogP) is 2.96. The Hall–Kier alpha value is -2.28. The topological polar surface area (TPSA) is 90.7 Å². The lowest BCUT2D eigenvalue weighted by Gasteiger charge is -1.99. The summed E-state index contributed by atoms with van der Waals surface area (Å²) in [4.78, 5) is 5.21. The molecule has 0 atom stereocenters. The van der Waals surface area contributed by atoms with E-state index >= 15 is 0 Å². The number of aromatic nitrogens is 4. The molecule has 0 aliphatic carbocycles. The number of hydrogen-bond donors (Lipinski definition) is 1. The van der Waals surface area contributed by atoms with Crippen molar-refractivity contribution in [2.45, 2.75) is 19.8 Å². The Kier molecular flexibility index (Phi) is 3.19. The second kappa shape index (κ2) is 5.01. The van der Waals surface area contributed by atoms with Crippen molar-refractivity contribution in [3.8, 4) is 22.2 Å². The van der Waals surface area contributed by atoms with E-state index in [1.807, 2.05) is 32.0 Å². The fourth-order valence-corrected chi connectivity index (χ4v) is 2.59. The van der Waals surface area contributed by atoms with Crippen LogP contribution >= 0.6 is 11.5 Å². The van der Waals surface area contributed by atoms with Crippen LogP contribution in [0.3, 0.4) is 0 Å². The summed E-state index contributed by atoms with van der Waals surface area (Å²) in [5.41, 5.74) is 8.15. The maximum Gasteiger partial charge on any atom is 0.271 e. The van der Waals surface area contributed by atoms with Gasteiger partial charge in [0.25, 0.3) is 5.89 Å². The lowest BCUT2D eigenvalue weighted by molar-refractivity contribution is 0.432. The monoisotopic (exact) mass is 287 g/mol. The van der Waals surface area contributed by atoms with Gasteiger partial charge in [-0.3, -0.25) is 0 Å². The Morgan fingerprint density at radius 3 is 2.80 bits per heavy atom. The molecule has 2 N–H and O–H groups in total. The number of rotatable bonds is 3. The quantitative estimate of drug-likeness (QED) is 0.745. The molecule has 0 saturated carbocycles. The average molecular weight is 287 g/mol. The summed E-state index contributed by atoms with van der Waals surface area (Å²) in [5.74, 6) is 1.16. The highest BCUT2D eigenvalue weighted by atomic mass is 32.1. The van der Waals surface area contributed by atoms with Crippen LogP contribution in [0.25, 0.3) is 22.2 Å². The highest BCUT2D eigenvalue weighted by Gasteiger charge is 2.20. The van der Waals surface area contributed by atoms with Crippen molar-refractivity contribution < 1.29 is 4.52 Å². The first-order valence-corrected chi connectivity index (χ1v) is 6.95. The second-order valence-electron chi connectivity index (χ2n) is 4.65. The molecule has 7 heteroatoms. The molecule has 0 aliphatic heterocycles. The van der Waals surface area contributed by atoms with E-state index < -0.39 is 0 Å². The average Bonchev–Trinajstić information content (AvgIpc) is 3.07. The first-order chi connectivity index (χ1) is 9.66. The molecular weight excluding hydrogens is 274 g/mol. The molecule has 0 aliphatic rings. The molecule has 20 heavy (non-hydrogen) atoms. The van der Waals surface area contributed by atoms with Crippen LogP contribution < -0.4 is 5.73 Å². The number of nitrogens with zero attached hydrogens (tertiary/aromatic N) is 4. The van der Waals surface area contributed by atoms with Crippen LogP contribution in [0.5, 0.6) is 0 Å². The van der Waals surface area contributed by atoms with Crippen LogP contribution in [0.2, 0.25) is 0 Å². The molecule has 0 unspecified atom stereocenters. The van der Waals surface area contributed by atoms with Crippen LogP contribution in [-0.2, 0) is 0 Å². The predicted molar refractivity (Wildman–Crippen MR) is 77.1 cm³/mol. The Labute approximate surface area is 119 Å². The van der Waals surface area contributed by atoms with Crippen molar-refractivity contribution in [2.75, 3.05) is 5.73 Å². The fourth-order valence-electron chi connectivity index (χ4n) is 1.85. The summed E-state index contributed by atoms with van der Waals surface area (Å²) in [5, 5.41) is 8.10. The van der Waals surface area contributed by atoms with Gasteiger partial charge >= 0.3 is 0 Å². The second-order valence-corrected chi connectivity index (χ2v) is 5.41. The third kappa shape index (κ3) is 2.16. The van der Waals surface area contributed by atoms with Gasteiger partial charge in [-0.1, -0.05) is 35.6 Å². The van der Waals surface area contributed by atoms with E-state index in [2.05, 4.69) is 19.7 Å². The number of anilines is 1. The van der Waals surface area contributed by atoms with Crippen molar-refractivity contribution in [3.63, 3.8) is 0 Å². The lowest BCUT2D eigenvalue weighted by Crippen LogP contribution is -1.92. The van der Waals surface area contributed by atoms with Crippen molar-refractivity contribution in [3.05, 3.63) is 30.0 Å². The molecule has 6 nitrogen and oxygen atoms in total. The normalized spacial score (nSPS) is 11.2. The molecule has 0 fully saturated rings. The van der Waals surface area contributed by atoms with E-state index in [-0.39, 0.29) is 5.92 Å². The van der Waals surface area contributed by atoms with Crippen molar-refractivity contribution in [1.29, 1.82) is 0 Å². The maximum absolute atomic E-state index is 5.91. The van der Waals surface area contributed by atoms with Crippen LogP contribution in [0, 0.1) is 0 Å². The zero-order chi connectivity index (χ0) is 14.1. The van der Waals surface area contributed by atoms with E-state index in [4.69, 9.17) is 10.3 Å². The molecule has 102 valence electrons. The summed E-state index contributed by atoms with van der Waals surface area (Å²) in [6, 6.07) is 7.41. The Balaban J connectivity index is 2.03. The van der Waals surface area contributed by atoms with Gasteiger partial charge in [-0.05, 0) is 29.6 Å². The fraction of sp³-hybridized carbons (Fsp3) is 0.231. The summed E-state index contributed by atoms with van der Waals surface area (Å²) >= 11 is 1.26. The van der Waals surface area contributed by atoms with Crippen LogP contribution in [-0.4, -0.2) is 19.7 Å². The highest BCUT2D eigenvalue weighted by molar-refractivity contribution is 7.09. The molecule has 0 radical (unpaired) electrons. The van der Waals surface area contributed by atoms with Crippen molar-refractivity contribution in [2.24, 2.45) is 0 Å². The summed E-state index contributed by atoms with van der Waals surface area (Å²) in [6.07, 6.45) is 0. The first kappa shape index (κ1) is 12.7. The standard InChI is InChI=1S/C13H13N5OS/c1-7(2)10-11(20-18-16-10)13-15-12(17-19-13)8-5-3-4-6-9(8)14/h3-7H,14H2,1-2H3. The van der Waals surface area contributed by atoms with Crippen LogP contribution in [0.1, 0.15) is 25.5 Å². The Bertz CT molecular complexity index is 734. The van der Waals surface area contributed by atoms with E-state index in [0.717, 1.165) is 16.1 Å². The number of nitrogen functional groups attached to an aromatic ring is 1. The molecule has 3 rings (SSSR count). The Morgan fingerprint density at radius 1 is 1.25 bits per heavy atom. The highest BCUT2D eigenvalue weighted by Crippen LogP contribution is 2.31. The van der Waals surface area contributed by atoms with Crippen molar-refractivity contribution in [1.82, 2.24) is 19.7 Å². The molecular formula is C13H13N5OS. The largest absolute Gasteiger partial charge is 0.398 e. The molecule has 1 aromatic carbocycles. The van der Waals surface area contributed by atoms with Gasteiger partial charge in [0.2, 0.25) is 5.82 Å². The third-order valence-electron chi connectivity index (χ3n) is 2.88. The number of hydrogen-bond acceptors (Lipinski definition) is 7. The van der Waals surface area contributed by atoms with E-state index in [9.17, 15) is 0 Å². The van der Waals surface area contributed by atoms with E-state index in [1.165, 1.54) is 11.5 Å². The minimum absolute atomic E-state index is 0.251. The van der Waals surface area contributed by atoms with Gasteiger partial charge in [0, 0.05) is 11.3 Å². The Morgan fingerprint density at radius 2 is 2.05 bits per heavy atom. The smallest absolute Gasteiger partial charge is 0.271 e. The third-order valence-corrected chi connectivity index (χ3v) is 3.61. The van der Waals surface area contributed by atoms with Gasteiger partial charge in [0.05, 0.1) is 5.69 Å². The summed E-state index contributed by atoms with van der Waals surface area (Å²) in [6.45, 7) is 4.10.